The molecule has 1 saturated carbocycles. The number of piperidine rings is 1. The molecule has 1 amide bonds. The zero-order valence-electron chi connectivity index (χ0n) is 13.7. The van der Waals surface area contributed by atoms with Gasteiger partial charge in [-0.3, -0.25) is 4.79 Å². The summed E-state index contributed by atoms with van der Waals surface area (Å²) in [6.45, 7) is 2.49. The van der Waals surface area contributed by atoms with Gasteiger partial charge in [0.1, 0.15) is 0 Å². The highest BCUT2D eigenvalue weighted by atomic mass is 32.1. The summed E-state index contributed by atoms with van der Waals surface area (Å²) in [5.41, 5.74) is 1.26. The molecule has 0 aromatic carbocycles. The number of carbonyl (C=O) groups is 1. The summed E-state index contributed by atoms with van der Waals surface area (Å²) in [6.07, 6.45) is 7.65. The monoisotopic (exact) mass is 342 g/mol. The van der Waals surface area contributed by atoms with Crippen molar-refractivity contribution in [2.24, 2.45) is 5.92 Å². The van der Waals surface area contributed by atoms with Crippen LogP contribution in [0.5, 0.6) is 0 Å². The summed E-state index contributed by atoms with van der Waals surface area (Å²) < 4.78 is 0. The highest BCUT2D eigenvalue weighted by molar-refractivity contribution is 7.07. The third-order valence-corrected chi connectivity index (χ3v) is 5.61. The van der Waals surface area contributed by atoms with E-state index in [2.05, 4.69) is 36.6 Å². The molecule has 126 valence electrons. The van der Waals surface area contributed by atoms with E-state index in [1.165, 1.54) is 5.56 Å². The van der Waals surface area contributed by atoms with Crippen LogP contribution in [0.15, 0.2) is 35.3 Å². The van der Waals surface area contributed by atoms with Crippen molar-refractivity contribution in [3.63, 3.8) is 0 Å². The maximum absolute atomic E-state index is 13.0. The first-order valence-electron chi connectivity index (χ1n) is 8.65. The Balaban J connectivity index is 1.38. The van der Waals surface area contributed by atoms with Gasteiger partial charge in [0.2, 0.25) is 11.9 Å². The summed E-state index contributed by atoms with van der Waals surface area (Å²) in [5.74, 6) is 1.27. The first-order chi connectivity index (χ1) is 11.8. The summed E-state index contributed by atoms with van der Waals surface area (Å²) in [5, 5.41) is 4.24. The van der Waals surface area contributed by atoms with Gasteiger partial charge in [-0.05, 0) is 54.1 Å². The lowest BCUT2D eigenvalue weighted by Crippen LogP contribution is -2.43. The van der Waals surface area contributed by atoms with Crippen molar-refractivity contribution >= 4 is 23.2 Å². The third-order valence-electron chi connectivity index (χ3n) is 4.88. The zero-order chi connectivity index (χ0) is 16.4. The smallest absolute Gasteiger partial charge is 0.226 e. The van der Waals surface area contributed by atoms with Crippen LogP contribution in [0.2, 0.25) is 0 Å². The summed E-state index contributed by atoms with van der Waals surface area (Å²) in [6, 6.07) is 4.42. The molecule has 1 aliphatic carbocycles. The van der Waals surface area contributed by atoms with Gasteiger partial charge in [0.25, 0.3) is 0 Å². The van der Waals surface area contributed by atoms with Crippen LogP contribution < -0.4 is 4.90 Å². The summed E-state index contributed by atoms with van der Waals surface area (Å²) in [7, 11) is 0. The number of thiophene rings is 1. The Bertz CT molecular complexity index is 664. The molecule has 4 rings (SSSR count). The molecule has 0 atom stereocenters. The van der Waals surface area contributed by atoms with E-state index in [-0.39, 0.29) is 5.92 Å². The van der Waals surface area contributed by atoms with Crippen molar-refractivity contribution in [3.8, 4) is 0 Å². The molecular formula is C18H22N4OS. The fourth-order valence-electron chi connectivity index (χ4n) is 3.37. The summed E-state index contributed by atoms with van der Waals surface area (Å²) >= 11 is 1.70. The van der Waals surface area contributed by atoms with Crippen molar-refractivity contribution in [1.82, 2.24) is 14.9 Å². The van der Waals surface area contributed by atoms with E-state index >= 15 is 0 Å². The van der Waals surface area contributed by atoms with Gasteiger partial charge in [-0.15, -0.1) is 0 Å². The van der Waals surface area contributed by atoms with Gasteiger partial charge in [-0.1, -0.05) is 0 Å². The van der Waals surface area contributed by atoms with E-state index in [1.54, 1.807) is 23.7 Å². The van der Waals surface area contributed by atoms with Gasteiger partial charge < -0.3 is 9.80 Å². The van der Waals surface area contributed by atoms with Crippen LogP contribution in [0, 0.1) is 5.92 Å². The molecule has 2 aliphatic rings. The van der Waals surface area contributed by atoms with E-state index in [0.717, 1.165) is 51.3 Å². The van der Waals surface area contributed by atoms with Crippen molar-refractivity contribution < 1.29 is 4.79 Å². The van der Waals surface area contributed by atoms with Crippen LogP contribution in [-0.4, -0.2) is 39.9 Å². The second-order valence-electron chi connectivity index (χ2n) is 6.64. The standard InChI is InChI=1S/C18H22N4OS/c23-17(22(16-2-3-16)12-14-6-11-24-13-14)15-4-9-21(10-5-15)18-19-7-1-8-20-18/h1,6-8,11,13,15-16H,2-5,9-10,12H2. The molecular weight excluding hydrogens is 320 g/mol. The number of anilines is 1. The molecule has 0 bridgehead atoms. The van der Waals surface area contributed by atoms with Gasteiger partial charge in [-0.2, -0.15) is 11.3 Å². The molecule has 0 spiro atoms. The summed E-state index contributed by atoms with van der Waals surface area (Å²) in [4.78, 5) is 26.0. The molecule has 0 radical (unpaired) electrons. The molecule has 0 unspecified atom stereocenters. The molecule has 2 aromatic rings. The Hall–Kier alpha value is -1.95. The number of hydrogen-bond donors (Lipinski definition) is 0. The van der Waals surface area contributed by atoms with Gasteiger partial charge in [-0.25, -0.2) is 9.97 Å². The third kappa shape index (κ3) is 3.43. The first-order valence-corrected chi connectivity index (χ1v) is 9.59. The van der Waals surface area contributed by atoms with Crippen molar-refractivity contribution in [2.45, 2.75) is 38.3 Å². The SMILES string of the molecule is O=C(C1CCN(c2ncccn2)CC1)N(Cc1ccsc1)C1CC1. The highest BCUT2D eigenvalue weighted by Gasteiger charge is 2.37. The van der Waals surface area contributed by atoms with Crippen molar-refractivity contribution in [1.29, 1.82) is 0 Å². The van der Waals surface area contributed by atoms with Gasteiger partial charge in [0.05, 0.1) is 0 Å². The van der Waals surface area contributed by atoms with Crippen LogP contribution in [0.3, 0.4) is 0 Å². The van der Waals surface area contributed by atoms with E-state index in [1.807, 2.05) is 6.07 Å². The molecule has 6 heteroatoms. The van der Waals surface area contributed by atoms with Crippen LogP contribution in [0.1, 0.15) is 31.2 Å². The Morgan fingerprint density at radius 2 is 1.96 bits per heavy atom. The van der Waals surface area contributed by atoms with E-state index in [4.69, 9.17) is 0 Å². The largest absolute Gasteiger partial charge is 0.341 e. The Labute approximate surface area is 146 Å². The lowest BCUT2D eigenvalue weighted by atomic mass is 9.95. The lowest BCUT2D eigenvalue weighted by Gasteiger charge is -2.34. The average Bonchev–Trinajstić information content (AvgIpc) is 3.36. The quantitative estimate of drug-likeness (QED) is 0.838. The fraction of sp³-hybridized carbons (Fsp3) is 0.500. The minimum absolute atomic E-state index is 0.143. The molecule has 1 saturated heterocycles. The molecule has 1 aliphatic heterocycles. The maximum atomic E-state index is 13.0. The van der Waals surface area contributed by atoms with Crippen LogP contribution in [0.4, 0.5) is 5.95 Å². The minimum atomic E-state index is 0.143. The van der Waals surface area contributed by atoms with Crippen molar-refractivity contribution in [3.05, 3.63) is 40.8 Å². The molecule has 2 fully saturated rings. The molecule has 3 heterocycles. The van der Waals surface area contributed by atoms with Gasteiger partial charge >= 0.3 is 0 Å². The van der Waals surface area contributed by atoms with Crippen LogP contribution in [0.25, 0.3) is 0 Å². The van der Waals surface area contributed by atoms with Crippen LogP contribution >= 0.6 is 11.3 Å². The molecule has 5 nitrogen and oxygen atoms in total. The lowest BCUT2D eigenvalue weighted by molar-refractivity contribution is -0.137. The Morgan fingerprint density at radius 1 is 1.21 bits per heavy atom. The van der Waals surface area contributed by atoms with Gasteiger partial charge in [0.15, 0.2) is 0 Å². The van der Waals surface area contributed by atoms with Crippen molar-refractivity contribution in [2.75, 3.05) is 18.0 Å². The molecule has 0 N–H and O–H groups in total. The predicted octanol–water partition coefficient (Wildman–Crippen LogP) is 2.95. The van der Waals surface area contributed by atoms with E-state index in [9.17, 15) is 4.79 Å². The zero-order valence-corrected chi connectivity index (χ0v) is 14.5. The fourth-order valence-corrected chi connectivity index (χ4v) is 4.03. The topological polar surface area (TPSA) is 49.3 Å². The van der Waals surface area contributed by atoms with E-state index in [0.29, 0.717) is 11.9 Å². The van der Waals surface area contributed by atoms with Crippen LogP contribution in [-0.2, 0) is 11.3 Å². The number of carbonyl (C=O) groups excluding carboxylic acids is 1. The Kier molecular flexibility index (Phi) is 4.47. The second-order valence-corrected chi connectivity index (χ2v) is 7.42. The second kappa shape index (κ2) is 6.89. The maximum Gasteiger partial charge on any atom is 0.226 e. The van der Waals surface area contributed by atoms with Gasteiger partial charge in [0, 0.05) is 44.0 Å². The Morgan fingerprint density at radius 3 is 2.58 bits per heavy atom. The first kappa shape index (κ1) is 15.6. The number of nitrogens with zero attached hydrogens (tertiary/aromatic N) is 4. The number of rotatable bonds is 5. The highest BCUT2D eigenvalue weighted by Crippen LogP contribution is 2.32. The predicted molar refractivity (Wildman–Crippen MR) is 94.9 cm³/mol. The number of amides is 1. The molecule has 2 aromatic heterocycles. The molecule has 24 heavy (non-hydrogen) atoms. The normalized spacial score (nSPS) is 18.6. The average molecular weight is 342 g/mol. The number of hydrogen-bond acceptors (Lipinski definition) is 5. The minimum Gasteiger partial charge on any atom is -0.341 e. The number of aromatic nitrogens is 2. The van der Waals surface area contributed by atoms with E-state index < -0.39 is 0 Å².